The van der Waals surface area contributed by atoms with E-state index in [2.05, 4.69) is 20.3 Å². The maximum absolute atomic E-state index is 12.1. The third-order valence-corrected chi connectivity index (χ3v) is 3.98. The number of aliphatic imine (C=N–C) groups is 1. The molecule has 1 aromatic heterocycles. The first-order valence-corrected chi connectivity index (χ1v) is 8.72. The summed E-state index contributed by atoms with van der Waals surface area (Å²) in [6.45, 7) is 0.478. The van der Waals surface area contributed by atoms with Crippen LogP contribution in [0.2, 0.25) is 5.15 Å². The number of halogens is 2. The minimum absolute atomic E-state index is 0. The lowest BCUT2D eigenvalue weighted by molar-refractivity contribution is 0.0972. The van der Waals surface area contributed by atoms with E-state index in [4.69, 9.17) is 28.8 Å². The molecule has 0 saturated heterocycles. The van der Waals surface area contributed by atoms with Crippen molar-refractivity contribution in [3.63, 3.8) is 0 Å². The Morgan fingerprint density at radius 2 is 1.79 bits per heavy atom. The van der Waals surface area contributed by atoms with Crippen LogP contribution in [0.5, 0.6) is 5.75 Å². The molecule has 0 aliphatic rings. The number of phenolic OH excluding ortho intramolecular Hbond substituents is 1. The Balaban J connectivity index is 0.00000392. The molecule has 8 N–H and O–H groups in total. The number of aromatic hydroxyl groups is 1. The third-order valence-electron chi connectivity index (χ3n) is 3.70. The van der Waals surface area contributed by atoms with E-state index >= 15 is 0 Å². The number of hydrogen-bond acceptors (Lipinski definition) is 7. The Labute approximate surface area is 173 Å². The molecule has 0 saturated carbocycles. The van der Waals surface area contributed by atoms with E-state index in [1.165, 1.54) is 5.56 Å². The van der Waals surface area contributed by atoms with Gasteiger partial charge in [0.05, 0.1) is 0 Å². The molecule has 1 amide bonds. The van der Waals surface area contributed by atoms with Gasteiger partial charge in [0.2, 0.25) is 0 Å². The number of aryl methyl sites for hydroxylation is 1. The van der Waals surface area contributed by atoms with Gasteiger partial charge in [0.15, 0.2) is 28.4 Å². The first kappa shape index (κ1) is 23.3. The van der Waals surface area contributed by atoms with Gasteiger partial charge in [-0.2, -0.15) is 0 Å². The summed E-state index contributed by atoms with van der Waals surface area (Å²) in [6, 6.07) is 7.15. The Hall–Kier alpha value is -2.78. The highest BCUT2D eigenvalue weighted by atomic mass is 35.5. The zero-order valence-electron chi connectivity index (χ0n) is 15.1. The molecule has 0 bridgehead atoms. The van der Waals surface area contributed by atoms with Gasteiger partial charge in [0, 0.05) is 6.54 Å². The van der Waals surface area contributed by atoms with E-state index in [1.807, 2.05) is 12.1 Å². The van der Waals surface area contributed by atoms with Crippen LogP contribution in [0.1, 0.15) is 35.3 Å². The molecule has 0 unspecified atom stereocenters. The van der Waals surface area contributed by atoms with Crippen LogP contribution in [0.25, 0.3) is 0 Å². The number of benzene rings is 1. The highest BCUT2D eigenvalue weighted by Crippen LogP contribution is 2.17. The highest BCUT2D eigenvalue weighted by molar-refractivity contribution is 6.31. The lowest BCUT2D eigenvalue weighted by Crippen LogP contribution is -2.38. The number of unbranched alkanes of at least 4 members (excludes halogenated alkanes) is 2. The number of hydrogen-bond donors (Lipinski definition) is 5. The summed E-state index contributed by atoms with van der Waals surface area (Å²) >= 11 is 5.74. The van der Waals surface area contributed by atoms with Crippen LogP contribution < -0.4 is 22.5 Å². The minimum atomic E-state index is -0.657. The SMILES string of the molecule is Cl.NC(=NCCCCCc1ccc(O)cc1)NC(=O)c1nc(Cl)c(N)nc1N. The Bertz CT molecular complexity index is 829. The molecule has 1 aromatic carbocycles. The number of nitrogens with zero attached hydrogens (tertiary/aromatic N) is 3. The van der Waals surface area contributed by atoms with Crippen molar-refractivity contribution in [1.82, 2.24) is 15.3 Å². The molecule has 0 atom stereocenters. The van der Waals surface area contributed by atoms with E-state index in [1.54, 1.807) is 12.1 Å². The van der Waals surface area contributed by atoms with E-state index in [9.17, 15) is 9.90 Å². The van der Waals surface area contributed by atoms with Gasteiger partial charge in [0.25, 0.3) is 5.91 Å². The van der Waals surface area contributed by atoms with Crippen LogP contribution in [0.15, 0.2) is 29.3 Å². The molecular formula is C17H23Cl2N7O2. The molecule has 0 spiro atoms. The van der Waals surface area contributed by atoms with Crippen molar-refractivity contribution in [2.45, 2.75) is 25.7 Å². The number of carbonyl (C=O) groups excluding carboxylic acids is 1. The smallest absolute Gasteiger partial charge is 0.280 e. The Morgan fingerprint density at radius 3 is 2.46 bits per heavy atom. The van der Waals surface area contributed by atoms with Crippen LogP contribution in [0.4, 0.5) is 11.6 Å². The highest BCUT2D eigenvalue weighted by Gasteiger charge is 2.16. The van der Waals surface area contributed by atoms with Gasteiger partial charge in [-0.25, -0.2) is 9.97 Å². The second-order valence-corrected chi connectivity index (χ2v) is 6.19. The largest absolute Gasteiger partial charge is 0.508 e. The van der Waals surface area contributed by atoms with Gasteiger partial charge < -0.3 is 22.3 Å². The average Bonchev–Trinajstić information content (AvgIpc) is 2.62. The molecule has 2 aromatic rings. The molecule has 0 aliphatic heterocycles. The molecule has 11 heteroatoms. The van der Waals surface area contributed by atoms with Gasteiger partial charge in [0.1, 0.15) is 5.75 Å². The number of rotatable bonds is 7. The Kier molecular flexibility index (Phi) is 9.26. The van der Waals surface area contributed by atoms with Crippen molar-refractivity contribution in [1.29, 1.82) is 0 Å². The first-order chi connectivity index (χ1) is 12.9. The summed E-state index contributed by atoms with van der Waals surface area (Å²) in [6.07, 6.45) is 3.69. The zero-order valence-corrected chi connectivity index (χ0v) is 16.6. The lowest BCUT2D eigenvalue weighted by Gasteiger charge is -2.07. The van der Waals surface area contributed by atoms with E-state index in [-0.39, 0.29) is 46.6 Å². The number of nitrogens with two attached hydrogens (primary N) is 3. The summed E-state index contributed by atoms with van der Waals surface area (Å²) in [5, 5.41) is 11.5. The minimum Gasteiger partial charge on any atom is -0.508 e. The number of anilines is 2. The maximum atomic E-state index is 12.1. The predicted octanol–water partition coefficient (Wildman–Crippen LogP) is 1.88. The van der Waals surface area contributed by atoms with Crippen molar-refractivity contribution in [2.24, 2.45) is 10.7 Å². The maximum Gasteiger partial charge on any atom is 0.280 e. The topological polar surface area (TPSA) is 166 Å². The van der Waals surface area contributed by atoms with Crippen LogP contribution in [-0.4, -0.2) is 33.5 Å². The summed E-state index contributed by atoms with van der Waals surface area (Å²) in [5.74, 6) is -0.626. The first-order valence-electron chi connectivity index (χ1n) is 8.34. The average molecular weight is 428 g/mol. The second-order valence-electron chi connectivity index (χ2n) is 5.83. The molecule has 9 nitrogen and oxygen atoms in total. The van der Waals surface area contributed by atoms with Gasteiger partial charge in [-0.05, 0) is 37.0 Å². The fraction of sp³-hybridized carbons (Fsp3) is 0.294. The van der Waals surface area contributed by atoms with Crippen molar-refractivity contribution >= 4 is 47.5 Å². The molecule has 0 fully saturated rings. The van der Waals surface area contributed by atoms with Gasteiger partial charge in [-0.1, -0.05) is 30.2 Å². The normalized spacial score (nSPS) is 11.0. The summed E-state index contributed by atoms with van der Waals surface area (Å²) in [7, 11) is 0. The zero-order chi connectivity index (χ0) is 19.8. The van der Waals surface area contributed by atoms with Crippen LogP contribution in [-0.2, 0) is 6.42 Å². The number of amides is 1. The fourth-order valence-electron chi connectivity index (χ4n) is 2.30. The number of carbonyl (C=O) groups is 1. The molecule has 0 radical (unpaired) electrons. The van der Waals surface area contributed by atoms with Gasteiger partial charge in [-0.15, -0.1) is 12.4 Å². The molecule has 1 heterocycles. The van der Waals surface area contributed by atoms with Crippen LogP contribution in [0, 0.1) is 0 Å². The predicted molar refractivity (Wildman–Crippen MR) is 113 cm³/mol. The van der Waals surface area contributed by atoms with Gasteiger partial charge in [-0.3, -0.25) is 15.1 Å². The van der Waals surface area contributed by atoms with Crippen LogP contribution in [0.3, 0.4) is 0 Å². The third kappa shape index (κ3) is 7.09. The monoisotopic (exact) mass is 427 g/mol. The van der Waals surface area contributed by atoms with E-state index in [0.29, 0.717) is 6.54 Å². The molecular weight excluding hydrogens is 405 g/mol. The standard InChI is InChI=1S/C17H22ClN7O2.ClH/c18-13-15(20)24-14(19)12(23-13)16(27)25-17(21)22-9-3-1-2-4-10-5-7-11(26)8-6-10;/h5-8,26H,1-4,9H2,(H4,19,20,24)(H3,21,22,25,27);1H. The number of phenols is 1. The molecule has 0 aliphatic carbocycles. The molecule has 152 valence electrons. The number of guanidine groups is 1. The van der Waals surface area contributed by atoms with Crippen molar-refractivity contribution in [2.75, 3.05) is 18.0 Å². The number of nitrogen functional groups attached to an aromatic ring is 2. The van der Waals surface area contributed by atoms with Crippen molar-refractivity contribution in [3.8, 4) is 5.75 Å². The van der Waals surface area contributed by atoms with Crippen molar-refractivity contribution in [3.05, 3.63) is 40.7 Å². The van der Waals surface area contributed by atoms with E-state index < -0.39 is 5.91 Å². The van der Waals surface area contributed by atoms with Crippen LogP contribution >= 0.6 is 24.0 Å². The number of nitrogens with one attached hydrogen (secondary N) is 1. The van der Waals surface area contributed by atoms with E-state index in [0.717, 1.165) is 25.7 Å². The Morgan fingerprint density at radius 1 is 1.11 bits per heavy atom. The second kappa shape index (κ2) is 11.2. The summed E-state index contributed by atoms with van der Waals surface area (Å²) in [4.78, 5) is 23.7. The summed E-state index contributed by atoms with van der Waals surface area (Å²) in [5.41, 5.74) is 17.8. The lowest BCUT2D eigenvalue weighted by atomic mass is 10.1. The molecule has 28 heavy (non-hydrogen) atoms. The number of aromatic nitrogens is 2. The van der Waals surface area contributed by atoms with Gasteiger partial charge >= 0.3 is 0 Å². The summed E-state index contributed by atoms with van der Waals surface area (Å²) < 4.78 is 0. The molecule has 2 rings (SSSR count). The fourth-order valence-corrected chi connectivity index (χ4v) is 2.43. The van der Waals surface area contributed by atoms with Crippen molar-refractivity contribution < 1.29 is 9.90 Å². The quantitative estimate of drug-likeness (QED) is 0.255.